The van der Waals surface area contributed by atoms with Crippen molar-refractivity contribution >= 4 is 11.6 Å². The van der Waals surface area contributed by atoms with Crippen molar-refractivity contribution in [2.75, 3.05) is 0 Å². The fourth-order valence-corrected chi connectivity index (χ4v) is 2.62. The van der Waals surface area contributed by atoms with Gasteiger partial charge in [0.15, 0.2) is 0 Å². The minimum absolute atomic E-state index is 0.406. The second kappa shape index (κ2) is 5.77. The lowest BCUT2D eigenvalue weighted by Gasteiger charge is -2.18. The van der Waals surface area contributed by atoms with Gasteiger partial charge in [0.05, 0.1) is 11.2 Å². The Kier molecular flexibility index (Phi) is 3.85. The summed E-state index contributed by atoms with van der Waals surface area (Å²) >= 11 is 5.91. The minimum atomic E-state index is 0.406. The van der Waals surface area contributed by atoms with Gasteiger partial charge in [-0.2, -0.15) is 0 Å². The average Bonchev–Trinajstić information content (AvgIpc) is 2.46. The molecule has 2 N–H and O–H groups in total. The SMILES string of the molecule is NCc1cc2c(nc1Oc1cncc(Cl)c1)CCCC2. The number of halogens is 1. The third-order valence-electron chi connectivity index (χ3n) is 3.45. The highest BCUT2D eigenvalue weighted by molar-refractivity contribution is 6.30. The maximum absolute atomic E-state index is 5.91. The first kappa shape index (κ1) is 13.3. The van der Waals surface area contributed by atoms with Crippen LogP contribution in [-0.4, -0.2) is 9.97 Å². The number of nitrogens with two attached hydrogens (primary N) is 1. The standard InChI is InChI=1S/C15H16ClN3O/c16-12-6-13(9-18-8-12)20-15-11(7-17)5-10-3-1-2-4-14(10)19-15/h5-6,8-9H,1-4,7,17H2. The highest BCUT2D eigenvalue weighted by atomic mass is 35.5. The summed E-state index contributed by atoms with van der Waals surface area (Å²) in [5, 5.41) is 0.537. The van der Waals surface area contributed by atoms with Gasteiger partial charge in [0, 0.05) is 30.1 Å². The summed E-state index contributed by atoms with van der Waals surface area (Å²) in [7, 11) is 0. The summed E-state index contributed by atoms with van der Waals surface area (Å²) in [6.45, 7) is 0.406. The molecule has 1 aliphatic rings. The van der Waals surface area contributed by atoms with Crippen molar-refractivity contribution in [3.63, 3.8) is 0 Å². The fraction of sp³-hybridized carbons (Fsp3) is 0.333. The Bertz CT molecular complexity index is 631. The van der Waals surface area contributed by atoms with Crippen LogP contribution in [0.3, 0.4) is 0 Å². The van der Waals surface area contributed by atoms with Crippen LogP contribution in [0.2, 0.25) is 5.02 Å². The van der Waals surface area contributed by atoms with Crippen molar-refractivity contribution in [2.24, 2.45) is 5.73 Å². The van der Waals surface area contributed by atoms with E-state index >= 15 is 0 Å². The molecule has 2 heterocycles. The number of rotatable bonds is 3. The van der Waals surface area contributed by atoms with Crippen LogP contribution in [0, 0.1) is 0 Å². The highest BCUT2D eigenvalue weighted by Gasteiger charge is 2.16. The second-order valence-corrected chi connectivity index (χ2v) is 5.35. The highest BCUT2D eigenvalue weighted by Crippen LogP contribution is 2.29. The van der Waals surface area contributed by atoms with E-state index in [4.69, 9.17) is 22.1 Å². The van der Waals surface area contributed by atoms with Crippen molar-refractivity contribution in [1.29, 1.82) is 0 Å². The molecule has 0 saturated carbocycles. The van der Waals surface area contributed by atoms with Crippen molar-refractivity contribution < 1.29 is 4.74 Å². The molecule has 0 bridgehead atoms. The first-order valence-corrected chi connectivity index (χ1v) is 7.14. The molecule has 3 rings (SSSR count). The van der Waals surface area contributed by atoms with Crippen LogP contribution in [0.4, 0.5) is 0 Å². The van der Waals surface area contributed by atoms with Crippen molar-refractivity contribution in [1.82, 2.24) is 9.97 Å². The molecule has 0 atom stereocenters. The molecule has 0 amide bonds. The molecular formula is C15H16ClN3O. The second-order valence-electron chi connectivity index (χ2n) is 4.91. The van der Waals surface area contributed by atoms with E-state index in [1.165, 1.54) is 18.4 Å². The van der Waals surface area contributed by atoms with Crippen LogP contribution in [0.1, 0.15) is 29.7 Å². The smallest absolute Gasteiger partial charge is 0.224 e. The summed E-state index contributed by atoms with van der Waals surface area (Å²) in [5.41, 5.74) is 9.15. The number of fused-ring (bicyclic) bond motifs is 1. The third-order valence-corrected chi connectivity index (χ3v) is 3.66. The molecule has 104 valence electrons. The molecular weight excluding hydrogens is 274 g/mol. The first-order chi connectivity index (χ1) is 9.76. The topological polar surface area (TPSA) is 61.0 Å². The summed E-state index contributed by atoms with van der Waals surface area (Å²) in [4.78, 5) is 8.64. The molecule has 1 aliphatic carbocycles. The van der Waals surface area contributed by atoms with Gasteiger partial charge in [-0.25, -0.2) is 4.98 Å². The Morgan fingerprint density at radius 1 is 1.20 bits per heavy atom. The quantitative estimate of drug-likeness (QED) is 0.942. The zero-order chi connectivity index (χ0) is 13.9. The number of hydrogen-bond donors (Lipinski definition) is 1. The largest absolute Gasteiger partial charge is 0.437 e. The molecule has 0 spiro atoms. The summed E-state index contributed by atoms with van der Waals surface area (Å²) in [6, 6.07) is 3.84. The van der Waals surface area contributed by atoms with Crippen molar-refractivity contribution in [2.45, 2.75) is 32.2 Å². The van der Waals surface area contributed by atoms with Crippen LogP contribution in [0.5, 0.6) is 11.6 Å². The number of hydrogen-bond acceptors (Lipinski definition) is 4. The Labute approximate surface area is 123 Å². The van der Waals surface area contributed by atoms with Gasteiger partial charge in [-0.05, 0) is 37.3 Å². The Balaban J connectivity index is 1.95. The van der Waals surface area contributed by atoms with E-state index in [-0.39, 0.29) is 0 Å². The predicted molar refractivity (Wildman–Crippen MR) is 78.1 cm³/mol. The molecule has 20 heavy (non-hydrogen) atoms. The van der Waals surface area contributed by atoms with E-state index in [0.717, 1.165) is 24.1 Å². The summed E-state index contributed by atoms with van der Waals surface area (Å²) in [6.07, 6.45) is 7.67. The molecule has 0 aliphatic heterocycles. The maximum Gasteiger partial charge on any atom is 0.224 e. The van der Waals surface area contributed by atoms with Gasteiger partial charge in [-0.3, -0.25) is 4.98 Å². The molecule has 2 aromatic heterocycles. The molecule has 2 aromatic rings. The number of nitrogens with zero attached hydrogens (tertiary/aromatic N) is 2. The van der Waals surface area contributed by atoms with Crippen molar-refractivity contribution in [3.8, 4) is 11.6 Å². The van der Waals surface area contributed by atoms with E-state index in [1.807, 2.05) is 0 Å². The predicted octanol–water partition coefficient (Wildman–Crippen LogP) is 3.26. The third kappa shape index (κ3) is 2.76. The molecule has 0 saturated heterocycles. The zero-order valence-corrected chi connectivity index (χ0v) is 11.9. The van der Waals surface area contributed by atoms with E-state index in [2.05, 4.69) is 16.0 Å². The maximum atomic E-state index is 5.91. The van der Waals surface area contributed by atoms with Crippen LogP contribution < -0.4 is 10.5 Å². The van der Waals surface area contributed by atoms with Gasteiger partial charge in [-0.15, -0.1) is 0 Å². The van der Waals surface area contributed by atoms with Crippen LogP contribution in [0.15, 0.2) is 24.5 Å². The number of pyridine rings is 2. The summed E-state index contributed by atoms with van der Waals surface area (Å²) in [5.74, 6) is 1.15. The normalized spacial score (nSPS) is 13.9. The van der Waals surface area contributed by atoms with E-state index in [1.54, 1.807) is 18.5 Å². The molecule has 0 fully saturated rings. The Hall–Kier alpha value is -1.65. The van der Waals surface area contributed by atoms with Gasteiger partial charge in [0.25, 0.3) is 0 Å². The van der Waals surface area contributed by atoms with Gasteiger partial charge < -0.3 is 10.5 Å². The van der Waals surface area contributed by atoms with Crippen molar-refractivity contribution in [3.05, 3.63) is 46.4 Å². The average molecular weight is 290 g/mol. The molecule has 4 nitrogen and oxygen atoms in total. The monoisotopic (exact) mass is 289 g/mol. The van der Waals surface area contributed by atoms with Gasteiger partial charge in [-0.1, -0.05) is 11.6 Å². The lowest BCUT2D eigenvalue weighted by molar-refractivity contribution is 0.449. The summed E-state index contributed by atoms with van der Waals surface area (Å²) < 4.78 is 5.81. The van der Waals surface area contributed by atoms with Crippen LogP contribution >= 0.6 is 11.6 Å². The van der Waals surface area contributed by atoms with Gasteiger partial charge in [0.2, 0.25) is 5.88 Å². The Morgan fingerprint density at radius 3 is 2.85 bits per heavy atom. The number of aryl methyl sites for hydroxylation is 2. The van der Waals surface area contributed by atoms with Gasteiger partial charge >= 0.3 is 0 Å². The lowest BCUT2D eigenvalue weighted by atomic mass is 9.95. The van der Waals surface area contributed by atoms with Gasteiger partial charge in [0.1, 0.15) is 5.75 Å². The molecule has 0 aromatic carbocycles. The number of ether oxygens (including phenoxy) is 1. The van der Waals surface area contributed by atoms with Crippen LogP contribution in [0.25, 0.3) is 0 Å². The van der Waals surface area contributed by atoms with Crippen LogP contribution in [-0.2, 0) is 19.4 Å². The van der Waals surface area contributed by atoms with E-state index in [0.29, 0.717) is 23.2 Å². The lowest BCUT2D eigenvalue weighted by Crippen LogP contribution is -2.10. The van der Waals surface area contributed by atoms with E-state index in [9.17, 15) is 0 Å². The van der Waals surface area contributed by atoms with E-state index < -0.39 is 0 Å². The fourth-order valence-electron chi connectivity index (χ4n) is 2.46. The molecule has 0 radical (unpaired) electrons. The minimum Gasteiger partial charge on any atom is -0.437 e. The number of aromatic nitrogens is 2. The zero-order valence-electron chi connectivity index (χ0n) is 11.1. The Morgan fingerprint density at radius 2 is 2.05 bits per heavy atom. The first-order valence-electron chi connectivity index (χ1n) is 6.76. The molecule has 5 heteroatoms. The molecule has 0 unspecified atom stereocenters.